The highest BCUT2D eigenvalue weighted by atomic mass is 32.2. The van der Waals surface area contributed by atoms with Gasteiger partial charge in [-0.2, -0.15) is 0 Å². The molecular formula is C9H17NS. The van der Waals surface area contributed by atoms with E-state index in [-0.39, 0.29) is 0 Å². The lowest BCUT2D eigenvalue weighted by atomic mass is 10.1. The zero-order valence-electron chi connectivity index (χ0n) is 7.25. The van der Waals surface area contributed by atoms with Gasteiger partial charge < -0.3 is 0 Å². The van der Waals surface area contributed by atoms with Crippen LogP contribution in [0.3, 0.4) is 0 Å². The highest BCUT2D eigenvalue weighted by Gasteiger charge is 2.15. The quantitative estimate of drug-likeness (QED) is 0.600. The van der Waals surface area contributed by atoms with Crippen molar-refractivity contribution < 1.29 is 0 Å². The molecule has 1 unspecified atom stereocenters. The normalized spacial score (nSPS) is 23.0. The second-order valence-electron chi connectivity index (χ2n) is 2.96. The number of likely N-dealkylation sites (tertiary alicyclic amines) is 1. The van der Waals surface area contributed by atoms with Crippen LogP contribution < -0.4 is 0 Å². The van der Waals surface area contributed by atoms with E-state index in [1.807, 2.05) is 11.8 Å². The Morgan fingerprint density at radius 2 is 2.00 bits per heavy atom. The number of nitrogens with zero attached hydrogens (tertiary/aromatic N) is 1. The van der Waals surface area contributed by atoms with Crippen molar-refractivity contribution in [3.63, 3.8) is 0 Å². The molecule has 1 nitrogen and oxygen atoms in total. The average Bonchev–Trinajstić information content (AvgIpc) is 2.09. The maximum absolute atomic E-state index is 3.84. The molecule has 64 valence electrons. The first-order valence-corrected chi connectivity index (χ1v) is 5.56. The van der Waals surface area contributed by atoms with E-state index in [0.717, 1.165) is 0 Å². The van der Waals surface area contributed by atoms with Crippen LogP contribution in [0.5, 0.6) is 0 Å². The second-order valence-corrected chi connectivity index (χ2v) is 3.91. The molecule has 1 atom stereocenters. The minimum atomic E-state index is 0.551. The van der Waals surface area contributed by atoms with Crippen molar-refractivity contribution in [2.24, 2.45) is 0 Å². The number of rotatable bonds is 3. The lowest BCUT2D eigenvalue weighted by Gasteiger charge is -2.31. The van der Waals surface area contributed by atoms with Crippen LogP contribution in [0.2, 0.25) is 0 Å². The van der Waals surface area contributed by atoms with Gasteiger partial charge in [0.25, 0.3) is 0 Å². The summed E-state index contributed by atoms with van der Waals surface area (Å²) < 4.78 is 0. The Labute approximate surface area is 73.8 Å². The molecule has 0 aliphatic carbocycles. The predicted molar refractivity (Wildman–Crippen MR) is 52.9 cm³/mol. The molecule has 1 saturated heterocycles. The molecule has 0 aromatic heterocycles. The summed E-state index contributed by atoms with van der Waals surface area (Å²) in [6, 6.07) is 0. The van der Waals surface area contributed by atoms with Gasteiger partial charge in [0.2, 0.25) is 0 Å². The molecule has 0 bridgehead atoms. The zero-order chi connectivity index (χ0) is 8.10. The summed E-state index contributed by atoms with van der Waals surface area (Å²) in [5.74, 6) is 0. The zero-order valence-corrected chi connectivity index (χ0v) is 8.07. The van der Waals surface area contributed by atoms with Crippen LogP contribution in [0.1, 0.15) is 19.3 Å². The van der Waals surface area contributed by atoms with Crippen LogP contribution in [-0.4, -0.2) is 29.6 Å². The Kier molecular flexibility index (Phi) is 4.02. The minimum absolute atomic E-state index is 0.551. The smallest absolute Gasteiger partial charge is 0.0738 e. The standard InChI is InChI=1S/C9H17NS/c1-3-9(11-2)10-7-5-4-6-8-10/h3,9H,1,4-8H2,2H3. The van der Waals surface area contributed by atoms with Gasteiger partial charge in [0.15, 0.2) is 0 Å². The monoisotopic (exact) mass is 171 g/mol. The van der Waals surface area contributed by atoms with E-state index in [1.54, 1.807) is 0 Å². The largest absolute Gasteiger partial charge is 0.288 e. The molecule has 0 saturated carbocycles. The molecule has 0 radical (unpaired) electrons. The van der Waals surface area contributed by atoms with Crippen molar-refractivity contribution in [1.82, 2.24) is 4.90 Å². The highest BCUT2D eigenvalue weighted by molar-refractivity contribution is 7.99. The number of hydrogen-bond donors (Lipinski definition) is 0. The van der Waals surface area contributed by atoms with Crippen molar-refractivity contribution in [2.75, 3.05) is 19.3 Å². The summed E-state index contributed by atoms with van der Waals surface area (Å²) >= 11 is 1.88. The summed E-state index contributed by atoms with van der Waals surface area (Å²) in [4.78, 5) is 2.52. The molecule has 11 heavy (non-hydrogen) atoms. The fourth-order valence-corrected chi connectivity index (χ4v) is 2.27. The fraction of sp³-hybridized carbons (Fsp3) is 0.778. The van der Waals surface area contributed by atoms with Gasteiger partial charge in [-0.25, -0.2) is 0 Å². The number of thioether (sulfide) groups is 1. The number of hydrogen-bond acceptors (Lipinski definition) is 2. The summed E-state index contributed by atoms with van der Waals surface area (Å²) in [6.45, 7) is 6.37. The first kappa shape index (κ1) is 9.14. The van der Waals surface area contributed by atoms with Gasteiger partial charge in [-0.1, -0.05) is 12.5 Å². The maximum atomic E-state index is 3.84. The Hall–Kier alpha value is 0.0500. The van der Waals surface area contributed by atoms with Crippen LogP contribution in [0.4, 0.5) is 0 Å². The lowest BCUT2D eigenvalue weighted by Crippen LogP contribution is -2.35. The van der Waals surface area contributed by atoms with Crippen molar-refractivity contribution >= 4 is 11.8 Å². The topological polar surface area (TPSA) is 3.24 Å². The first-order chi connectivity index (χ1) is 5.38. The third-order valence-electron chi connectivity index (χ3n) is 2.19. The Balaban J connectivity index is 2.35. The minimum Gasteiger partial charge on any atom is -0.288 e. The first-order valence-electron chi connectivity index (χ1n) is 4.28. The van der Waals surface area contributed by atoms with E-state index in [1.165, 1.54) is 32.4 Å². The van der Waals surface area contributed by atoms with Crippen LogP contribution in [0.15, 0.2) is 12.7 Å². The molecule has 0 aromatic carbocycles. The van der Waals surface area contributed by atoms with Gasteiger partial charge in [0.05, 0.1) is 5.37 Å². The van der Waals surface area contributed by atoms with E-state index in [0.29, 0.717) is 5.37 Å². The van der Waals surface area contributed by atoms with Crippen molar-refractivity contribution in [3.05, 3.63) is 12.7 Å². The Bertz CT molecular complexity index is 119. The maximum Gasteiger partial charge on any atom is 0.0738 e. The molecule has 0 N–H and O–H groups in total. The number of piperidine rings is 1. The molecule has 1 rings (SSSR count). The summed E-state index contributed by atoms with van der Waals surface area (Å²) in [5.41, 5.74) is 0. The summed E-state index contributed by atoms with van der Waals surface area (Å²) in [7, 11) is 0. The van der Waals surface area contributed by atoms with Crippen molar-refractivity contribution in [1.29, 1.82) is 0 Å². The van der Waals surface area contributed by atoms with E-state index in [2.05, 4.69) is 23.8 Å². The fourth-order valence-electron chi connectivity index (χ4n) is 1.57. The van der Waals surface area contributed by atoms with Gasteiger partial charge >= 0.3 is 0 Å². The van der Waals surface area contributed by atoms with Gasteiger partial charge in [0.1, 0.15) is 0 Å². The van der Waals surface area contributed by atoms with E-state index >= 15 is 0 Å². The molecule has 1 aliphatic heterocycles. The van der Waals surface area contributed by atoms with Crippen LogP contribution in [-0.2, 0) is 0 Å². The van der Waals surface area contributed by atoms with Gasteiger partial charge in [-0.15, -0.1) is 18.3 Å². The van der Waals surface area contributed by atoms with Crippen LogP contribution in [0, 0.1) is 0 Å². The highest BCUT2D eigenvalue weighted by Crippen LogP contribution is 2.18. The lowest BCUT2D eigenvalue weighted by molar-refractivity contribution is 0.236. The molecule has 0 spiro atoms. The Morgan fingerprint density at radius 1 is 1.36 bits per heavy atom. The Morgan fingerprint density at radius 3 is 2.45 bits per heavy atom. The summed E-state index contributed by atoms with van der Waals surface area (Å²) in [6.07, 6.45) is 8.35. The van der Waals surface area contributed by atoms with Gasteiger partial charge in [-0.3, -0.25) is 4.90 Å². The van der Waals surface area contributed by atoms with Gasteiger partial charge in [0, 0.05) is 0 Å². The van der Waals surface area contributed by atoms with E-state index < -0.39 is 0 Å². The van der Waals surface area contributed by atoms with E-state index in [9.17, 15) is 0 Å². The van der Waals surface area contributed by atoms with Crippen LogP contribution >= 0.6 is 11.8 Å². The third kappa shape index (κ3) is 2.53. The molecule has 0 amide bonds. The molecule has 2 heteroatoms. The molecule has 1 aliphatic rings. The molecular weight excluding hydrogens is 154 g/mol. The van der Waals surface area contributed by atoms with Crippen molar-refractivity contribution in [3.8, 4) is 0 Å². The molecule has 0 aromatic rings. The predicted octanol–water partition coefficient (Wildman–Crippen LogP) is 2.35. The van der Waals surface area contributed by atoms with Crippen LogP contribution in [0.25, 0.3) is 0 Å². The molecule has 1 fully saturated rings. The van der Waals surface area contributed by atoms with Crippen molar-refractivity contribution in [2.45, 2.75) is 24.6 Å². The van der Waals surface area contributed by atoms with Gasteiger partial charge in [-0.05, 0) is 32.2 Å². The van der Waals surface area contributed by atoms with E-state index in [4.69, 9.17) is 0 Å². The third-order valence-corrected chi connectivity index (χ3v) is 3.17. The second kappa shape index (κ2) is 4.83. The average molecular weight is 171 g/mol. The SMILES string of the molecule is C=CC(SC)N1CCCCC1. The summed E-state index contributed by atoms with van der Waals surface area (Å²) in [5, 5.41) is 0.551. The molecule has 1 heterocycles.